The molecule has 1 saturated carbocycles. The molecule has 0 saturated heterocycles. The maximum atomic E-state index is 4.24. The Hall–Kier alpha value is -2.17. The summed E-state index contributed by atoms with van der Waals surface area (Å²) < 4.78 is 0. The van der Waals surface area contributed by atoms with Crippen LogP contribution in [0.1, 0.15) is 49.7 Å². The smallest absolute Gasteiger partial charge is 0.155 e. The Balaban J connectivity index is 0.00000240. The molecule has 1 aliphatic carbocycles. The van der Waals surface area contributed by atoms with Gasteiger partial charge in [0.15, 0.2) is 5.82 Å². The Morgan fingerprint density at radius 3 is 2.66 bits per heavy atom. The van der Waals surface area contributed by atoms with Crippen molar-refractivity contribution in [3.05, 3.63) is 59.9 Å². The van der Waals surface area contributed by atoms with Crippen molar-refractivity contribution in [2.24, 2.45) is 5.92 Å². The van der Waals surface area contributed by atoms with Crippen molar-refractivity contribution in [1.29, 1.82) is 0 Å². The number of nitrogens with zero attached hydrogens (tertiary/aromatic N) is 2. The Morgan fingerprint density at radius 1 is 1.03 bits per heavy atom. The van der Waals surface area contributed by atoms with Crippen molar-refractivity contribution in [3.8, 4) is 22.5 Å². The molecule has 1 fully saturated rings. The molecule has 1 heterocycles. The van der Waals surface area contributed by atoms with Crippen LogP contribution in [0.3, 0.4) is 0 Å². The van der Waals surface area contributed by atoms with Gasteiger partial charge in [-0.1, -0.05) is 62.4 Å². The standard InChI is InChI=1S/C24H30N4.ClH/c1-18-14-22(24-26-17-27-28-24)10-11-23(18)21-9-5-8-20(15-21)16-25-13-12-19-6-3-2-4-7-19;/h5,8-11,14-15,17,19,25H,2-4,6-7,12-13,16H2,1H3,(H,26,27,28);1H. The zero-order valence-corrected chi connectivity index (χ0v) is 18.0. The number of benzene rings is 2. The van der Waals surface area contributed by atoms with Crippen molar-refractivity contribution >= 4 is 12.4 Å². The highest BCUT2D eigenvalue weighted by atomic mass is 35.5. The minimum Gasteiger partial charge on any atom is -0.313 e. The van der Waals surface area contributed by atoms with Crippen LogP contribution in [0.4, 0.5) is 0 Å². The predicted molar refractivity (Wildman–Crippen MR) is 122 cm³/mol. The van der Waals surface area contributed by atoms with Crippen molar-refractivity contribution in [2.45, 2.75) is 52.0 Å². The zero-order valence-electron chi connectivity index (χ0n) is 17.2. The monoisotopic (exact) mass is 410 g/mol. The first kappa shape index (κ1) is 21.5. The van der Waals surface area contributed by atoms with E-state index in [1.54, 1.807) is 6.33 Å². The fraction of sp³-hybridized carbons (Fsp3) is 0.417. The van der Waals surface area contributed by atoms with Crippen molar-refractivity contribution < 1.29 is 0 Å². The van der Waals surface area contributed by atoms with Gasteiger partial charge in [0.25, 0.3) is 0 Å². The summed E-state index contributed by atoms with van der Waals surface area (Å²) in [5.74, 6) is 1.75. The normalized spacial score (nSPS) is 14.5. The molecule has 1 aliphatic rings. The van der Waals surface area contributed by atoms with Crippen LogP contribution in [-0.4, -0.2) is 21.7 Å². The lowest BCUT2D eigenvalue weighted by Crippen LogP contribution is -2.19. The van der Waals surface area contributed by atoms with Crippen molar-refractivity contribution in [2.75, 3.05) is 6.54 Å². The summed E-state index contributed by atoms with van der Waals surface area (Å²) in [7, 11) is 0. The van der Waals surface area contributed by atoms with E-state index in [-0.39, 0.29) is 12.4 Å². The maximum Gasteiger partial charge on any atom is 0.155 e. The van der Waals surface area contributed by atoms with Crippen LogP contribution in [-0.2, 0) is 6.54 Å². The van der Waals surface area contributed by atoms with Gasteiger partial charge in [0, 0.05) is 12.1 Å². The fourth-order valence-electron chi connectivity index (χ4n) is 4.34. The molecular weight excluding hydrogens is 380 g/mol. The fourth-order valence-corrected chi connectivity index (χ4v) is 4.34. The quantitative estimate of drug-likeness (QED) is 0.474. The third-order valence-corrected chi connectivity index (χ3v) is 5.94. The molecule has 2 N–H and O–H groups in total. The van der Waals surface area contributed by atoms with Crippen LogP contribution >= 0.6 is 12.4 Å². The predicted octanol–water partition coefficient (Wildman–Crippen LogP) is 5.93. The number of nitrogens with one attached hydrogen (secondary N) is 2. The Kier molecular flexibility index (Phi) is 7.84. The van der Waals surface area contributed by atoms with E-state index in [0.717, 1.165) is 30.4 Å². The first-order valence-electron chi connectivity index (χ1n) is 10.6. The molecule has 3 aromatic rings. The van der Waals surface area contributed by atoms with E-state index in [2.05, 4.69) is 69.9 Å². The Labute approximate surface area is 180 Å². The highest BCUT2D eigenvalue weighted by Gasteiger charge is 2.12. The molecule has 154 valence electrons. The van der Waals surface area contributed by atoms with E-state index < -0.39 is 0 Å². The van der Waals surface area contributed by atoms with Gasteiger partial charge in [-0.15, -0.1) is 12.4 Å². The average molecular weight is 411 g/mol. The molecule has 1 aromatic heterocycles. The number of hydrogen-bond acceptors (Lipinski definition) is 3. The first-order chi connectivity index (χ1) is 13.8. The van der Waals surface area contributed by atoms with Crippen LogP contribution in [0.5, 0.6) is 0 Å². The summed E-state index contributed by atoms with van der Waals surface area (Å²) in [4.78, 5) is 4.24. The Bertz CT molecular complexity index is 886. The van der Waals surface area contributed by atoms with Crippen molar-refractivity contribution in [1.82, 2.24) is 20.5 Å². The second-order valence-corrected chi connectivity index (χ2v) is 8.03. The topological polar surface area (TPSA) is 53.6 Å². The number of rotatable bonds is 7. The van der Waals surface area contributed by atoms with Gasteiger partial charge in [0.1, 0.15) is 6.33 Å². The number of halogens is 1. The van der Waals surface area contributed by atoms with Gasteiger partial charge in [0.05, 0.1) is 0 Å². The highest BCUT2D eigenvalue weighted by molar-refractivity contribution is 5.85. The molecule has 5 heteroatoms. The molecule has 0 bridgehead atoms. The number of aryl methyl sites for hydroxylation is 1. The zero-order chi connectivity index (χ0) is 19.2. The van der Waals surface area contributed by atoms with Crippen LogP contribution in [0.15, 0.2) is 48.8 Å². The van der Waals surface area contributed by atoms with Gasteiger partial charge in [-0.25, -0.2) is 4.98 Å². The van der Waals surface area contributed by atoms with Crippen LogP contribution < -0.4 is 5.32 Å². The third kappa shape index (κ3) is 5.68. The largest absolute Gasteiger partial charge is 0.313 e. The lowest BCUT2D eigenvalue weighted by Gasteiger charge is -2.21. The molecule has 2 aromatic carbocycles. The average Bonchev–Trinajstić information content (AvgIpc) is 3.27. The van der Waals surface area contributed by atoms with Crippen LogP contribution in [0, 0.1) is 12.8 Å². The van der Waals surface area contributed by atoms with E-state index in [1.807, 2.05) is 0 Å². The molecular formula is C24H31ClN4. The number of aromatic nitrogens is 3. The van der Waals surface area contributed by atoms with Gasteiger partial charge in [-0.3, -0.25) is 5.10 Å². The van der Waals surface area contributed by atoms with Crippen LogP contribution in [0.2, 0.25) is 0 Å². The van der Waals surface area contributed by atoms with E-state index in [9.17, 15) is 0 Å². The lowest BCUT2D eigenvalue weighted by molar-refractivity contribution is 0.334. The van der Waals surface area contributed by atoms with E-state index >= 15 is 0 Å². The van der Waals surface area contributed by atoms with Gasteiger partial charge >= 0.3 is 0 Å². The number of aromatic amines is 1. The number of hydrogen-bond donors (Lipinski definition) is 2. The molecule has 0 unspecified atom stereocenters. The summed E-state index contributed by atoms with van der Waals surface area (Å²) in [6.07, 6.45) is 10.0. The summed E-state index contributed by atoms with van der Waals surface area (Å²) in [6, 6.07) is 15.4. The second kappa shape index (κ2) is 10.6. The summed E-state index contributed by atoms with van der Waals surface area (Å²) in [5, 5.41) is 10.5. The van der Waals surface area contributed by atoms with E-state index in [1.165, 1.54) is 60.8 Å². The molecule has 0 spiro atoms. The Morgan fingerprint density at radius 2 is 1.90 bits per heavy atom. The van der Waals surface area contributed by atoms with Crippen molar-refractivity contribution in [3.63, 3.8) is 0 Å². The summed E-state index contributed by atoms with van der Waals surface area (Å²) in [6.45, 7) is 4.22. The van der Waals surface area contributed by atoms with Gasteiger partial charge in [0.2, 0.25) is 0 Å². The molecule has 0 atom stereocenters. The summed E-state index contributed by atoms with van der Waals surface area (Å²) >= 11 is 0. The molecule has 0 amide bonds. The lowest BCUT2D eigenvalue weighted by atomic mass is 9.87. The van der Waals surface area contributed by atoms with Gasteiger partial charge in [-0.2, -0.15) is 5.10 Å². The maximum absolute atomic E-state index is 4.24. The minimum absolute atomic E-state index is 0. The van der Waals surface area contributed by atoms with Gasteiger partial charge in [-0.05, 0) is 60.2 Å². The van der Waals surface area contributed by atoms with Crippen LogP contribution in [0.25, 0.3) is 22.5 Å². The highest BCUT2D eigenvalue weighted by Crippen LogP contribution is 2.28. The first-order valence-corrected chi connectivity index (χ1v) is 10.6. The molecule has 0 aliphatic heterocycles. The molecule has 29 heavy (non-hydrogen) atoms. The molecule has 4 nitrogen and oxygen atoms in total. The second-order valence-electron chi connectivity index (χ2n) is 8.03. The van der Waals surface area contributed by atoms with E-state index in [0.29, 0.717) is 0 Å². The van der Waals surface area contributed by atoms with E-state index in [4.69, 9.17) is 0 Å². The minimum atomic E-state index is 0. The van der Waals surface area contributed by atoms with Gasteiger partial charge < -0.3 is 5.32 Å². The third-order valence-electron chi connectivity index (χ3n) is 5.94. The molecule has 4 rings (SSSR count). The number of H-pyrrole nitrogens is 1. The summed E-state index contributed by atoms with van der Waals surface area (Å²) in [5.41, 5.74) is 6.20. The SMILES string of the molecule is Cc1cc(-c2ncn[nH]2)ccc1-c1cccc(CNCCC2CCCCC2)c1.Cl. The molecule has 0 radical (unpaired) electrons.